The summed E-state index contributed by atoms with van der Waals surface area (Å²) in [5.41, 5.74) is 0. The van der Waals surface area contributed by atoms with Crippen molar-refractivity contribution in [2.24, 2.45) is 11.8 Å². The molecule has 0 atom stereocenters. The van der Waals surface area contributed by atoms with Crippen LogP contribution < -0.4 is 0 Å². The molecule has 0 amide bonds. The molecule has 0 aromatic rings. The van der Waals surface area contributed by atoms with Crippen LogP contribution in [0.15, 0.2) is 24.3 Å². The van der Waals surface area contributed by atoms with E-state index in [1.54, 1.807) is 12.2 Å². The number of rotatable bonds is 0. The van der Waals surface area contributed by atoms with Gasteiger partial charge in [0.1, 0.15) is 0 Å². The van der Waals surface area contributed by atoms with Crippen molar-refractivity contribution in [3.63, 3.8) is 0 Å². The van der Waals surface area contributed by atoms with Gasteiger partial charge in [0.25, 0.3) is 0 Å². The zero-order valence-corrected chi connectivity index (χ0v) is 5.79. The van der Waals surface area contributed by atoms with Crippen LogP contribution in [0.5, 0.6) is 0 Å². The molecule has 0 radical (unpaired) electrons. The number of carbonyl (C=O) groups is 1. The van der Waals surface area contributed by atoms with Crippen molar-refractivity contribution in [1.29, 1.82) is 0 Å². The normalized spacial score (nSPS) is 43.0. The van der Waals surface area contributed by atoms with Crippen LogP contribution in [0.25, 0.3) is 0 Å². The molecule has 3 aliphatic rings. The lowest BCUT2D eigenvalue weighted by Gasteiger charge is -2.31. The Labute approximate surface area is 60.4 Å². The first-order valence-corrected chi connectivity index (χ1v) is 3.75. The molecular weight excluding hydrogens is 124 g/mol. The number of carbonyl (C=O) groups excluding carboxylic acids is 1. The number of fused-ring (bicyclic) bond motifs is 2. The first-order valence-electron chi connectivity index (χ1n) is 3.75. The maximum Gasteiger partial charge on any atom is 0.178 e. The van der Waals surface area contributed by atoms with Crippen molar-refractivity contribution < 1.29 is 4.79 Å². The van der Waals surface area contributed by atoms with Gasteiger partial charge in [0.2, 0.25) is 0 Å². The summed E-state index contributed by atoms with van der Waals surface area (Å²) >= 11 is 0. The highest BCUT2D eigenvalue weighted by Crippen LogP contribution is 2.36. The number of hydrogen-bond acceptors (Lipinski definition) is 1. The van der Waals surface area contributed by atoms with Crippen LogP contribution in [0.1, 0.15) is 12.8 Å². The number of ketones is 1. The molecule has 2 bridgehead atoms. The smallest absolute Gasteiger partial charge is 0.178 e. The van der Waals surface area contributed by atoms with Crippen LogP contribution in [-0.2, 0) is 4.79 Å². The Kier molecular flexibility index (Phi) is 1.23. The van der Waals surface area contributed by atoms with E-state index in [-0.39, 0.29) is 5.78 Å². The summed E-state index contributed by atoms with van der Waals surface area (Å²) in [6.07, 6.45) is 9.97. The molecule has 0 aromatic heterocycles. The van der Waals surface area contributed by atoms with Gasteiger partial charge in [-0.3, -0.25) is 4.79 Å². The maximum absolute atomic E-state index is 10.8. The minimum atomic E-state index is 0.148. The maximum atomic E-state index is 10.8. The molecule has 10 heavy (non-hydrogen) atoms. The largest absolute Gasteiger partial charge is 0.290 e. The summed E-state index contributed by atoms with van der Waals surface area (Å²) < 4.78 is 0. The molecule has 0 heterocycles. The number of allylic oxidation sites excluding steroid dienone is 4. The van der Waals surface area contributed by atoms with Gasteiger partial charge in [0, 0.05) is 0 Å². The molecule has 1 fully saturated rings. The summed E-state index contributed by atoms with van der Waals surface area (Å²) in [5.74, 6) is 1.53. The standard InChI is InChI=1S/C9H10O/c10-9-3-1-7-5-8(6-7)2-4-9/h1-4,7-8H,5-6H2/b3-1-,4-2-. The Bertz CT molecular complexity index is 187. The predicted octanol–water partition coefficient (Wildman–Crippen LogP) is 1.71. The first kappa shape index (κ1) is 5.90. The topological polar surface area (TPSA) is 17.1 Å². The minimum absolute atomic E-state index is 0.148. The Balaban J connectivity index is 2.19. The van der Waals surface area contributed by atoms with E-state index >= 15 is 0 Å². The lowest BCUT2D eigenvalue weighted by molar-refractivity contribution is -0.110. The van der Waals surface area contributed by atoms with Crippen molar-refractivity contribution in [3.05, 3.63) is 24.3 Å². The van der Waals surface area contributed by atoms with Gasteiger partial charge in [0.05, 0.1) is 0 Å². The predicted molar refractivity (Wildman–Crippen MR) is 39.5 cm³/mol. The van der Waals surface area contributed by atoms with E-state index in [9.17, 15) is 4.79 Å². The Hall–Kier alpha value is -0.850. The lowest BCUT2D eigenvalue weighted by Crippen LogP contribution is -2.21. The number of hydrogen-bond donors (Lipinski definition) is 0. The first-order chi connectivity index (χ1) is 4.84. The second-order valence-electron chi connectivity index (χ2n) is 3.11. The average molecular weight is 134 g/mol. The van der Waals surface area contributed by atoms with E-state index in [1.807, 2.05) is 12.2 Å². The summed E-state index contributed by atoms with van der Waals surface area (Å²) in [6.45, 7) is 0. The van der Waals surface area contributed by atoms with Gasteiger partial charge >= 0.3 is 0 Å². The fourth-order valence-electron chi connectivity index (χ4n) is 1.54. The Morgan fingerprint density at radius 2 is 1.60 bits per heavy atom. The molecule has 0 unspecified atom stereocenters. The Morgan fingerprint density at radius 3 is 2.10 bits per heavy atom. The SMILES string of the molecule is O=C1/C=C\C2CC(/C=C\1)C2. The van der Waals surface area contributed by atoms with Crippen LogP contribution in [0.4, 0.5) is 0 Å². The highest BCUT2D eigenvalue weighted by molar-refractivity contribution is 5.99. The average Bonchev–Trinajstić information content (AvgIpc) is 1.75. The zero-order chi connectivity index (χ0) is 6.97. The van der Waals surface area contributed by atoms with Crippen LogP contribution in [0, 0.1) is 11.8 Å². The molecule has 3 rings (SSSR count). The second kappa shape index (κ2) is 2.08. The van der Waals surface area contributed by atoms with Crippen molar-refractivity contribution >= 4 is 5.78 Å². The van der Waals surface area contributed by atoms with Gasteiger partial charge in [-0.05, 0) is 36.8 Å². The van der Waals surface area contributed by atoms with Gasteiger partial charge in [0.15, 0.2) is 5.78 Å². The molecule has 1 heteroatoms. The molecule has 0 aliphatic heterocycles. The molecule has 1 saturated carbocycles. The highest BCUT2D eigenvalue weighted by atomic mass is 16.1. The third-order valence-electron chi connectivity index (χ3n) is 2.28. The minimum Gasteiger partial charge on any atom is -0.290 e. The van der Waals surface area contributed by atoms with Crippen molar-refractivity contribution in [3.8, 4) is 0 Å². The van der Waals surface area contributed by atoms with E-state index in [2.05, 4.69) is 0 Å². The molecule has 3 aliphatic carbocycles. The lowest BCUT2D eigenvalue weighted by atomic mass is 9.73. The molecule has 0 aromatic carbocycles. The molecule has 0 spiro atoms. The van der Waals surface area contributed by atoms with Gasteiger partial charge < -0.3 is 0 Å². The van der Waals surface area contributed by atoms with Crippen LogP contribution >= 0.6 is 0 Å². The van der Waals surface area contributed by atoms with Crippen LogP contribution in [0.3, 0.4) is 0 Å². The van der Waals surface area contributed by atoms with Gasteiger partial charge in [-0.1, -0.05) is 12.2 Å². The van der Waals surface area contributed by atoms with Crippen molar-refractivity contribution in [2.75, 3.05) is 0 Å². The second-order valence-corrected chi connectivity index (χ2v) is 3.11. The van der Waals surface area contributed by atoms with Gasteiger partial charge in [-0.15, -0.1) is 0 Å². The van der Waals surface area contributed by atoms with Crippen LogP contribution in [0.2, 0.25) is 0 Å². The van der Waals surface area contributed by atoms with E-state index in [1.165, 1.54) is 12.8 Å². The van der Waals surface area contributed by atoms with E-state index in [4.69, 9.17) is 0 Å². The van der Waals surface area contributed by atoms with Gasteiger partial charge in [-0.2, -0.15) is 0 Å². The van der Waals surface area contributed by atoms with E-state index in [0.717, 1.165) is 0 Å². The van der Waals surface area contributed by atoms with Crippen molar-refractivity contribution in [2.45, 2.75) is 12.8 Å². The molecular formula is C9H10O. The molecule has 0 saturated heterocycles. The van der Waals surface area contributed by atoms with E-state index in [0.29, 0.717) is 11.8 Å². The molecule has 0 N–H and O–H groups in total. The van der Waals surface area contributed by atoms with E-state index < -0.39 is 0 Å². The van der Waals surface area contributed by atoms with Crippen LogP contribution in [-0.4, -0.2) is 5.78 Å². The van der Waals surface area contributed by atoms with Crippen molar-refractivity contribution in [1.82, 2.24) is 0 Å². The monoisotopic (exact) mass is 134 g/mol. The molecule has 52 valence electrons. The summed E-state index contributed by atoms with van der Waals surface area (Å²) in [5, 5.41) is 0. The van der Waals surface area contributed by atoms with Gasteiger partial charge in [-0.25, -0.2) is 0 Å². The third kappa shape index (κ3) is 0.919. The zero-order valence-electron chi connectivity index (χ0n) is 5.79. The third-order valence-corrected chi connectivity index (χ3v) is 2.28. The fraction of sp³-hybridized carbons (Fsp3) is 0.444. The fourth-order valence-corrected chi connectivity index (χ4v) is 1.54. The summed E-state index contributed by atoms with van der Waals surface area (Å²) in [6, 6.07) is 0. The highest BCUT2D eigenvalue weighted by Gasteiger charge is 2.25. The molecule has 1 nitrogen and oxygen atoms in total. The Morgan fingerprint density at radius 1 is 1.10 bits per heavy atom. The summed E-state index contributed by atoms with van der Waals surface area (Å²) in [4.78, 5) is 10.8. The quantitative estimate of drug-likeness (QED) is 0.493. The summed E-state index contributed by atoms with van der Waals surface area (Å²) in [7, 11) is 0.